The fourth-order valence-electron chi connectivity index (χ4n) is 3.87. The van der Waals surface area contributed by atoms with E-state index in [0.717, 1.165) is 32.1 Å². The number of nitrogens with one attached hydrogen (secondary N) is 2. The molecule has 3 rings (SSSR count). The zero-order valence-corrected chi connectivity index (χ0v) is 12.3. The van der Waals surface area contributed by atoms with E-state index in [-0.39, 0.29) is 42.2 Å². The quantitative estimate of drug-likeness (QED) is 0.710. The van der Waals surface area contributed by atoms with Crippen LogP contribution in [0.15, 0.2) is 0 Å². The summed E-state index contributed by atoms with van der Waals surface area (Å²) in [6.45, 7) is -0.00286. The molecule has 0 unspecified atom stereocenters. The minimum atomic E-state index is -0.227. The maximum absolute atomic E-state index is 12.0. The molecule has 0 saturated heterocycles. The van der Waals surface area contributed by atoms with Crippen LogP contribution in [0.25, 0.3) is 0 Å². The van der Waals surface area contributed by atoms with E-state index in [9.17, 15) is 14.4 Å². The maximum atomic E-state index is 12.0. The zero-order valence-electron chi connectivity index (χ0n) is 12.3. The first-order valence-corrected chi connectivity index (χ1v) is 7.75. The topological polar surface area (TPSA) is 84.5 Å². The summed E-state index contributed by atoms with van der Waals surface area (Å²) in [4.78, 5) is 35.4. The van der Waals surface area contributed by atoms with Gasteiger partial charge in [0.25, 0.3) is 0 Å². The van der Waals surface area contributed by atoms with Crippen LogP contribution in [0.4, 0.5) is 0 Å². The monoisotopic (exact) mass is 294 g/mol. The summed E-state index contributed by atoms with van der Waals surface area (Å²) in [6.07, 6.45) is 4.92. The smallest absolute Gasteiger partial charge is 0.311 e. The highest BCUT2D eigenvalue weighted by Gasteiger charge is 2.51. The largest absolute Gasteiger partial charge is 0.469 e. The molecule has 0 heterocycles. The van der Waals surface area contributed by atoms with Gasteiger partial charge in [-0.3, -0.25) is 14.4 Å². The van der Waals surface area contributed by atoms with Gasteiger partial charge < -0.3 is 15.4 Å². The number of hydrogen-bond acceptors (Lipinski definition) is 4. The van der Waals surface area contributed by atoms with Crippen molar-refractivity contribution in [3.05, 3.63) is 0 Å². The molecule has 3 aliphatic rings. The van der Waals surface area contributed by atoms with Gasteiger partial charge in [0.1, 0.15) is 0 Å². The molecule has 0 spiro atoms. The molecule has 0 aromatic rings. The molecule has 3 aliphatic carbocycles. The van der Waals surface area contributed by atoms with Crippen LogP contribution in [0.2, 0.25) is 0 Å². The average Bonchev–Trinajstić information content (AvgIpc) is 3.15. The van der Waals surface area contributed by atoms with Crippen LogP contribution in [-0.2, 0) is 19.1 Å². The van der Waals surface area contributed by atoms with Crippen LogP contribution in [0.3, 0.4) is 0 Å². The molecular weight excluding hydrogens is 272 g/mol. The highest BCUT2D eigenvalue weighted by atomic mass is 16.5. The zero-order chi connectivity index (χ0) is 15.0. The molecule has 2 bridgehead atoms. The molecule has 116 valence electrons. The Morgan fingerprint density at radius 1 is 1.10 bits per heavy atom. The normalized spacial score (nSPS) is 33.6. The lowest BCUT2D eigenvalue weighted by atomic mass is 9.84. The lowest BCUT2D eigenvalue weighted by Crippen LogP contribution is -2.50. The molecule has 0 aromatic carbocycles. The predicted octanol–water partition coefficient (Wildman–Crippen LogP) is 0.217. The van der Waals surface area contributed by atoms with Crippen molar-refractivity contribution in [2.24, 2.45) is 23.7 Å². The van der Waals surface area contributed by atoms with Crippen molar-refractivity contribution in [3.8, 4) is 0 Å². The van der Waals surface area contributed by atoms with Gasteiger partial charge in [0.2, 0.25) is 11.8 Å². The van der Waals surface area contributed by atoms with Gasteiger partial charge in [0.15, 0.2) is 0 Å². The molecule has 4 atom stereocenters. The van der Waals surface area contributed by atoms with E-state index in [0.29, 0.717) is 11.8 Å². The summed E-state index contributed by atoms with van der Waals surface area (Å²) < 4.78 is 4.88. The number of carbonyl (C=O) groups is 3. The predicted molar refractivity (Wildman–Crippen MR) is 74.0 cm³/mol. The van der Waals surface area contributed by atoms with E-state index in [1.54, 1.807) is 0 Å². The van der Waals surface area contributed by atoms with Gasteiger partial charge in [-0.15, -0.1) is 0 Å². The number of methoxy groups -OCH3 is 1. The summed E-state index contributed by atoms with van der Waals surface area (Å²) in [5, 5.41) is 5.59. The van der Waals surface area contributed by atoms with Gasteiger partial charge in [-0.1, -0.05) is 0 Å². The van der Waals surface area contributed by atoms with Gasteiger partial charge in [0, 0.05) is 12.0 Å². The summed E-state index contributed by atoms with van der Waals surface area (Å²) in [7, 11) is 1.39. The minimum absolute atomic E-state index is 0.00286. The van der Waals surface area contributed by atoms with Crippen molar-refractivity contribution in [2.45, 2.75) is 38.1 Å². The first-order chi connectivity index (χ1) is 10.1. The second kappa shape index (κ2) is 5.66. The third-order valence-corrected chi connectivity index (χ3v) is 5.09. The molecular formula is C15H22N2O4. The third-order valence-electron chi connectivity index (χ3n) is 5.09. The molecule has 2 N–H and O–H groups in total. The summed E-state index contributed by atoms with van der Waals surface area (Å²) in [6, 6.07) is -0.137. The van der Waals surface area contributed by atoms with Crippen LogP contribution in [0.1, 0.15) is 32.1 Å². The molecule has 0 aromatic heterocycles. The molecule has 6 nitrogen and oxygen atoms in total. The van der Waals surface area contributed by atoms with Gasteiger partial charge in [-0.05, 0) is 43.9 Å². The SMILES string of the molecule is COC(=O)[C@@H]1[C@H]2CC[C@@H](C2)[C@@H]1NC(=O)CNC(=O)C1CC1. The molecule has 2 amide bonds. The van der Waals surface area contributed by atoms with E-state index in [2.05, 4.69) is 10.6 Å². The fourth-order valence-corrected chi connectivity index (χ4v) is 3.87. The molecule has 6 heteroatoms. The van der Waals surface area contributed by atoms with Crippen molar-refractivity contribution in [1.82, 2.24) is 10.6 Å². The number of rotatable bonds is 5. The molecule has 0 aliphatic heterocycles. The third kappa shape index (κ3) is 2.89. The summed E-state index contributed by atoms with van der Waals surface area (Å²) in [5.41, 5.74) is 0. The maximum Gasteiger partial charge on any atom is 0.311 e. The Labute approximate surface area is 124 Å². The van der Waals surface area contributed by atoms with Crippen molar-refractivity contribution < 1.29 is 19.1 Å². The van der Waals surface area contributed by atoms with Gasteiger partial charge in [0.05, 0.1) is 19.6 Å². The van der Waals surface area contributed by atoms with E-state index in [1.807, 2.05) is 0 Å². The van der Waals surface area contributed by atoms with Crippen LogP contribution in [0.5, 0.6) is 0 Å². The first kappa shape index (κ1) is 14.4. The summed E-state index contributed by atoms with van der Waals surface area (Å²) in [5.74, 6) is 0.0866. The number of hydrogen-bond donors (Lipinski definition) is 2. The van der Waals surface area contributed by atoms with Crippen molar-refractivity contribution >= 4 is 17.8 Å². The Bertz CT molecular complexity index is 461. The van der Waals surface area contributed by atoms with Gasteiger partial charge >= 0.3 is 5.97 Å². The van der Waals surface area contributed by atoms with E-state index in [1.165, 1.54) is 7.11 Å². The minimum Gasteiger partial charge on any atom is -0.469 e. The highest BCUT2D eigenvalue weighted by molar-refractivity contribution is 5.87. The Balaban J connectivity index is 1.53. The molecule has 3 fully saturated rings. The van der Waals surface area contributed by atoms with Crippen molar-refractivity contribution in [3.63, 3.8) is 0 Å². The highest BCUT2D eigenvalue weighted by Crippen LogP contribution is 2.48. The Morgan fingerprint density at radius 2 is 1.81 bits per heavy atom. The Kier molecular flexibility index (Phi) is 3.87. The standard InChI is InChI=1S/C15H22N2O4/c1-21-15(20)12-9-4-5-10(6-9)13(12)17-11(18)7-16-14(19)8-2-3-8/h8-10,12-13H,2-7H2,1H3,(H,16,19)(H,17,18)/t9-,10-,12+,13-/m0/s1. The lowest BCUT2D eigenvalue weighted by Gasteiger charge is -2.29. The molecule has 3 saturated carbocycles. The Morgan fingerprint density at radius 3 is 2.48 bits per heavy atom. The number of esters is 1. The van der Waals surface area contributed by atoms with Crippen LogP contribution in [0, 0.1) is 23.7 Å². The van der Waals surface area contributed by atoms with Crippen LogP contribution >= 0.6 is 0 Å². The number of ether oxygens (including phenoxy) is 1. The number of fused-ring (bicyclic) bond motifs is 2. The van der Waals surface area contributed by atoms with Crippen molar-refractivity contribution in [2.75, 3.05) is 13.7 Å². The second-order valence-corrected chi connectivity index (χ2v) is 6.47. The fraction of sp³-hybridized carbons (Fsp3) is 0.800. The average molecular weight is 294 g/mol. The van der Waals surface area contributed by atoms with Crippen LogP contribution in [-0.4, -0.2) is 37.5 Å². The van der Waals surface area contributed by atoms with Gasteiger partial charge in [-0.25, -0.2) is 0 Å². The van der Waals surface area contributed by atoms with Gasteiger partial charge in [-0.2, -0.15) is 0 Å². The molecule has 0 radical (unpaired) electrons. The summed E-state index contributed by atoms with van der Waals surface area (Å²) >= 11 is 0. The Hall–Kier alpha value is -1.59. The second-order valence-electron chi connectivity index (χ2n) is 6.47. The van der Waals surface area contributed by atoms with Crippen molar-refractivity contribution in [1.29, 1.82) is 0 Å². The first-order valence-electron chi connectivity index (χ1n) is 7.75. The lowest BCUT2D eigenvalue weighted by molar-refractivity contribution is -0.148. The van der Waals surface area contributed by atoms with Crippen LogP contribution < -0.4 is 10.6 Å². The van der Waals surface area contributed by atoms with E-state index in [4.69, 9.17) is 4.74 Å². The molecule has 21 heavy (non-hydrogen) atoms. The number of carbonyl (C=O) groups excluding carboxylic acids is 3. The van der Waals surface area contributed by atoms with E-state index < -0.39 is 0 Å². The van der Waals surface area contributed by atoms with E-state index >= 15 is 0 Å². The number of amides is 2.